The van der Waals surface area contributed by atoms with Crippen molar-refractivity contribution in [1.29, 1.82) is 0 Å². The molecule has 0 aliphatic carbocycles. The Kier molecular flexibility index (Phi) is 2.19. The smallest absolute Gasteiger partial charge is 0.166 e. The van der Waals surface area contributed by atoms with Crippen LogP contribution in [0, 0.1) is 19.7 Å². The van der Waals surface area contributed by atoms with E-state index in [2.05, 4.69) is 5.10 Å². The number of nitrogens with zero attached hydrogens (tertiary/aromatic N) is 2. The maximum absolute atomic E-state index is 13.1. The second kappa shape index (κ2) is 3.38. The molecule has 0 amide bonds. The normalized spacial score (nSPS) is 10.6. The summed E-state index contributed by atoms with van der Waals surface area (Å²) in [5, 5.41) is 13.3. The van der Waals surface area contributed by atoms with Crippen LogP contribution in [0.25, 0.3) is 5.69 Å². The van der Waals surface area contributed by atoms with E-state index in [-0.39, 0.29) is 5.75 Å². The molecule has 2 rings (SSSR count). The van der Waals surface area contributed by atoms with Gasteiger partial charge in [-0.25, -0.2) is 9.07 Å². The highest BCUT2D eigenvalue weighted by Crippen LogP contribution is 2.19. The number of aryl methyl sites for hydroxylation is 2. The van der Waals surface area contributed by atoms with Crippen LogP contribution < -0.4 is 0 Å². The van der Waals surface area contributed by atoms with Crippen LogP contribution in [-0.4, -0.2) is 14.9 Å². The zero-order chi connectivity index (χ0) is 11.0. The molecule has 1 aromatic carbocycles. The highest BCUT2D eigenvalue weighted by atomic mass is 19.1. The standard InChI is InChI=1S/C11H11FN2O/c1-7-5-8(2)14(13-7)9-3-4-11(15)10(12)6-9/h3-6,15H,1-2H3. The van der Waals surface area contributed by atoms with Crippen molar-refractivity contribution in [3.63, 3.8) is 0 Å². The molecule has 2 aromatic rings. The van der Waals surface area contributed by atoms with Crippen LogP contribution in [-0.2, 0) is 0 Å². The Bertz CT molecular complexity index is 505. The van der Waals surface area contributed by atoms with Crippen molar-refractivity contribution < 1.29 is 9.50 Å². The summed E-state index contributed by atoms with van der Waals surface area (Å²) in [6, 6.07) is 6.11. The fourth-order valence-electron chi connectivity index (χ4n) is 1.52. The van der Waals surface area contributed by atoms with Crippen LogP contribution in [0.2, 0.25) is 0 Å². The van der Waals surface area contributed by atoms with Gasteiger partial charge in [0.05, 0.1) is 11.4 Å². The number of hydrogen-bond donors (Lipinski definition) is 1. The van der Waals surface area contributed by atoms with E-state index in [4.69, 9.17) is 5.11 Å². The van der Waals surface area contributed by atoms with Crippen LogP contribution in [0.1, 0.15) is 11.4 Å². The molecule has 0 atom stereocenters. The lowest BCUT2D eigenvalue weighted by Crippen LogP contribution is -1.99. The summed E-state index contributed by atoms with van der Waals surface area (Å²) in [6.45, 7) is 3.77. The monoisotopic (exact) mass is 206 g/mol. The molecule has 0 radical (unpaired) electrons. The summed E-state index contributed by atoms with van der Waals surface area (Å²) >= 11 is 0. The molecule has 0 aliphatic rings. The zero-order valence-corrected chi connectivity index (χ0v) is 8.53. The Labute approximate surface area is 86.8 Å². The molecule has 0 unspecified atom stereocenters. The number of halogens is 1. The first-order valence-electron chi connectivity index (χ1n) is 4.60. The third kappa shape index (κ3) is 1.70. The quantitative estimate of drug-likeness (QED) is 0.777. The van der Waals surface area contributed by atoms with Gasteiger partial charge in [-0.3, -0.25) is 0 Å². The minimum Gasteiger partial charge on any atom is -0.505 e. The second-order valence-corrected chi connectivity index (χ2v) is 3.47. The van der Waals surface area contributed by atoms with E-state index in [1.165, 1.54) is 12.1 Å². The Morgan fingerprint density at radius 3 is 2.53 bits per heavy atom. The van der Waals surface area contributed by atoms with E-state index in [9.17, 15) is 4.39 Å². The lowest BCUT2D eigenvalue weighted by atomic mass is 10.3. The van der Waals surface area contributed by atoms with Crippen molar-refractivity contribution in [1.82, 2.24) is 9.78 Å². The minimum atomic E-state index is -0.639. The Morgan fingerprint density at radius 2 is 2.00 bits per heavy atom. The molecule has 0 aliphatic heterocycles. The molecule has 1 heterocycles. The van der Waals surface area contributed by atoms with E-state index in [1.54, 1.807) is 10.7 Å². The molecule has 1 aromatic heterocycles. The van der Waals surface area contributed by atoms with Crippen LogP contribution in [0.5, 0.6) is 5.75 Å². The average Bonchev–Trinajstić information content (AvgIpc) is 2.50. The van der Waals surface area contributed by atoms with Gasteiger partial charge in [0.15, 0.2) is 11.6 Å². The molecule has 15 heavy (non-hydrogen) atoms. The number of hydrogen-bond acceptors (Lipinski definition) is 2. The van der Waals surface area contributed by atoms with Gasteiger partial charge in [-0.2, -0.15) is 5.10 Å². The fourth-order valence-corrected chi connectivity index (χ4v) is 1.52. The molecule has 0 saturated carbocycles. The van der Waals surface area contributed by atoms with Crippen LogP contribution in [0.4, 0.5) is 4.39 Å². The molecule has 78 valence electrons. The number of phenols is 1. The number of aromatic hydroxyl groups is 1. The summed E-state index contributed by atoms with van der Waals surface area (Å²) in [4.78, 5) is 0. The van der Waals surface area contributed by atoms with Crippen molar-refractivity contribution >= 4 is 0 Å². The number of rotatable bonds is 1. The highest BCUT2D eigenvalue weighted by molar-refractivity contribution is 5.38. The molecule has 0 bridgehead atoms. The summed E-state index contributed by atoms with van der Waals surface area (Å²) in [5.41, 5.74) is 2.41. The Hall–Kier alpha value is -1.84. The van der Waals surface area contributed by atoms with Crippen LogP contribution in [0.3, 0.4) is 0 Å². The Balaban J connectivity index is 2.54. The molecule has 4 heteroatoms. The molecule has 0 fully saturated rings. The van der Waals surface area contributed by atoms with Gasteiger partial charge in [-0.15, -0.1) is 0 Å². The lowest BCUT2D eigenvalue weighted by Gasteiger charge is -2.04. The van der Waals surface area contributed by atoms with Gasteiger partial charge in [-0.1, -0.05) is 0 Å². The molecule has 3 nitrogen and oxygen atoms in total. The number of aromatic nitrogens is 2. The van der Waals surface area contributed by atoms with Gasteiger partial charge in [-0.05, 0) is 32.0 Å². The lowest BCUT2D eigenvalue weighted by molar-refractivity contribution is 0.432. The molecular weight excluding hydrogens is 195 g/mol. The molecule has 0 saturated heterocycles. The zero-order valence-electron chi connectivity index (χ0n) is 8.53. The van der Waals surface area contributed by atoms with Crippen molar-refractivity contribution in [2.75, 3.05) is 0 Å². The third-order valence-electron chi connectivity index (χ3n) is 2.19. The van der Waals surface area contributed by atoms with Crippen molar-refractivity contribution in [2.45, 2.75) is 13.8 Å². The van der Waals surface area contributed by atoms with Gasteiger partial charge in [0.2, 0.25) is 0 Å². The van der Waals surface area contributed by atoms with Crippen molar-refractivity contribution in [3.05, 3.63) is 41.5 Å². The summed E-state index contributed by atoms with van der Waals surface area (Å²) < 4.78 is 14.7. The Morgan fingerprint density at radius 1 is 1.27 bits per heavy atom. The number of phenolic OH excluding ortho intramolecular Hbond substituents is 1. The summed E-state index contributed by atoms with van der Waals surface area (Å²) in [5.74, 6) is -0.986. The molecular formula is C11H11FN2O. The van der Waals surface area contributed by atoms with E-state index in [1.807, 2.05) is 19.9 Å². The van der Waals surface area contributed by atoms with Crippen molar-refractivity contribution in [3.8, 4) is 11.4 Å². The largest absolute Gasteiger partial charge is 0.505 e. The van der Waals surface area contributed by atoms with Gasteiger partial charge >= 0.3 is 0 Å². The fraction of sp³-hybridized carbons (Fsp3) is 0.182. The topological polar surface area (TPSA) is 38.0 Å². The highest BCUT2D eigenvalue weighted by Gasteiger charge is 2.06. The first-order chi connectivity index (χ1) is 7.08. The molecule has 0 spiro atoms. The van der Waals surface area contributed by atoms with Gasteiger partial charge < -0.3 is 5.11 Å². The molecule has 1 N–H and O–H groups in total. The van der Waals surface area contributed by atoms with Crippen LogP contribution in [0.15, 0.2) is 24.3 Å². The van der Waals surface area contributed by atoms with Gasteiger partial charge in [0.25, 0.3) is 0 Å². The second-order valence-electron chi connectivity index (χ2n) is 3.47. The number of benzene rings is 1. The SMILES string of the molecule is Cc1cc(C)n(-c2ccc(O)c(F)c2)n1. The van der Waals surface area contributed by atoms with E-state index < -0.39 is 5.82 Å². The van der Waals surface area contributed by atoms with E-state index in [0.29, 0.717) is 5.69 Å². The first-order valence-corrected chi connectivity index (χ1v) is 4.60. The summed E-state index contributed by atoms with van der Waals surface area (Å²) in [7, 11) is 0. The minimum absolute atomic E-state index is 0.347. The third-order valence-corrected chi connectivity index (χ3v) is 2.19. The predicted molar refractivity (Wildman–Crippen MR) is 54.7 cm³/mol. The first kappa shape index (κ1) is 9.71. The average molecular weight is 206 g/mol. The maximum Gasteiger partial charge on any atom is 0.166 e. The van der Waals surface area contributed by atoms with Gasteiger partial charge in [0, 0.05) is 11.8 Å². The van der Waals surface area contributed by atoms with Gasteiger partial charge in [0.1, 0.15) is 0 Å². The van der Waals surface area contributed by atoms with Crippen LogP contribution >= 0.6 is 0 Å². The maximum atomic E-state index is 13.1. The van der Waals surface area contributed by atoms with Crippen molar-refractivity contribution in [2.24, 2.45) is 0 Å². The predicted octanol–water partition coefficient (Wildman–Crippen LogP) is 2.33. The van der Waals surface area contributed by atoms with E-state index >= 15 is 0 Å². The summed E-state index contributed by atoms with van der Waals surface area (Å²) in [6.07, 6.45) is 0. The van der Waals surface area contributed by atoms with E-state index in [0.717, 1.165) is 11.4 Å².